The molecule has 24 heavy (non-hydrogen) atoms. The molecule has 0 bridgehead atoms. The van der Waals surface area contributed by atoms with Gasteiger partial charge < -0.3 is 4.74 Å². The number of piperidine rings is 1. The van der Waals surface area contributed by atoms with E-state index in [0.29, 0.717) is 5.92 Å². The van der Waals surface area contributed by atoms with Crippen LogP contribution in [-0.2, 0) is 4.74 Å². The van der Waals surface area contributed by atoms with E-state index in [0.717, 1.165) is 32.5 Å². The highest BCUT2D eigenvalue weighted by Crippen LogP contribution is 2.34. The van der Waals surface area contributed by atoms with Crippen molar-refractivity contribution < 1.29 is 4.74 Å². The van der Waals surface area contributed by atoms with Crippen molar-refractivity contribution in [2.45, 2.75) is 70.0 Å². The molecule has 2 aliphatic rings. The van der Waals surface area contributed by atoms with Crippen molar-refractivity contribution in [3.8, 4) is 11.8 Å². The van der Waals surface area contributed by atoms with Gasteiger partial charge in [-0.3, -0.25) is 9.88 Å². The van der Waals surface area contributed by atoms with Gasteiger partial charge in [-0.15, -0.1) is 0 Å². The zero-order valence-corrected chi connectivity index (χ0v) is 15.3. The van der Waals surface area contributed by atoms with E-state index >= 15 is 0 Å². The normalized spacial score (nSPS) is 30.4. The van der Waals surface area contributed by atoms with E-state index in [2.05, 4.69) is 48.6 Å². The molecule has 130 valence electrons. The quantitative estimate of drug-likeness (QED) is 0.768. The van der Waals surface area contributed by atoms with Crippen LogP contribution in [-0.4, -0.2) is 40.7 Å². The summed E-state index contributed by atoms with van der Waals surface area (Å²) in [5.74, 6) is 7.43. The van der Waals surface area contributed by atoms with Crippen LogP contribution in [0.1, 0.15) is 64.4 Å². The van der Waals surface area contributed by atoms with Crippen molar-refractivity contribution in [1.29, 1.82) is 0 Å². The number of likely N-dealkylation sites (tertiary alicyclic amines) is 1. The Bertz CT molecular complexity index is 601. The third kappa shape index (κ3) is 4.59. The molecule has 0 aliphatic carbocycles. The highest BCUT2D eigenvalue weighted by atomic mass is 16.5. The molecule has 3 heteroatoms. The van der Waals surface area contributed by atoms with E-state index < -0.39 is 0 Å². The van der Waals surface area contributed by atoms with Crippen LogP contribution in [0, 0.1) is 11.8 Å². The second-order valence-electron chi connectivity index (χ2n) is 8.11. The molecular weight excluding hydrogens is 296 g/mol. The third-order valence-corrected chi connectivity index (χ3v) is 5.25. The summed E-state index contributed by atoms with van der Waals surface area (Å²) < 4.78 is 6.24. The molecule has 0 saturated carbocycles. The standard InChI is InChI=1S/C21H30N2O/c1-20(2)10-6-11-21(3,24-20)12-7-15-23-14-5-9-19(17-23)18-8-4-13-22-16-18/h4,8,13,16,19H,5-6,9-11,14-15,17H2,1-3H3/t19-,21-/m0/s1. The summed E-state index contributed by atoms with van der Waals surface area (Å²) in [5.41, 5.74) is 1.04. The minimum absolute atomic E-state index is 0.0434. The SMILES string of the molecule is CC1(C)CCC[C@@](C)(C#CCN2CCC[C@H](c3cccnc3)C2)O1. The highest BCUT2D eigenvalue weighted by molar-refractivity contribution is 5.18. The lowest BCUT2D eigenvalue weighted by molar-refractivity contribution is -0.135. The van der Waals surface area contributed by atoms with Crippen molar-refractivity contribution in [3.63, 3.8) is 0 Å². The molecule has 1 aromatic rings. The molecule has 2 saturated heterocycles. The molecule has 0 aromatic carbocycles. The lowest BCUT2D eigenvalue weighted by atomic mass is 9.88. The van der Waals surface area contributed by atoms with Gasteiger partial charge in [-0.2, -0.15) is 0 Å². The van der Waals surface area contributed by atoms with Crippen LogP contribution in [0.5, 0.6) is 0 Å². The average molecular weight is 326 g/mol. The smallest absolute Gasteiger partial charge is 0.126 e. The van der Waals surface area contributed by atoms with E-state index in [9.17, 15) is 0 Å². The second kappa shape index (κ2) is 7.25. The largest absolute Gasteiger partial charge is 0.357 e. The fourth-order valence-electron chi connectivity index (χ4n) is 4.08. The van der Waals surface area contributed by atoms with Crippen molar-refractivity contribution >= 4 is 0 Å². The number of pyridine rings is 1. The summed E-state index contributed by atoms with van der Waals surface area (Å²) in [6.45, 7) is 9.58. The molecular formula is C21H30N2O. The van der Waals surface area contributed by atoms with Crippen LogP contribution in [0.15, 0.2) is 24.5 Å². The van der Waals surface area contributed by atoms with Gasteiger partial charge in [0, 0.05) is 18.9 Å². The van der Waals surface area contributed by atoms with Gasteiger partial charge in [0.15, 0.2) is 0 Å². The zero-order chi connectivity index (χ0) is 17.0. The first-order chi connectivity index (χ1) is 11.5. The van der Waals surface area contributed by atoms with Crippen molar-refractivity contribution in [2.24, 2.45) is 0 Å². The summed E-state index contributed by atoms with van der Waals surface area (Å²) in [4.78, 5) is 6.75. The van der Waals surface area contributed by atoms with Crippen LogP contribution >= 0.6 is 0 Å². The Balaban J connectivity index is 1.57. The van der Waals surface area contributed by atoms with E-state index in [-0.39, 0.29) is 11.2 Å². The second-order valence-corrected chi connectivity index (χ2v) is 8.11. The highest BCUT2D eigenvalue weighted by Gasteiger charge is 2.35. The first-order valence-electron chi connectivity index (χ1n) is 9.28. The molecule has 2 atom stereocenters. The monoisotopic (exact) mass is 326 g/mol. The molecule has 0 unspecified atom stereocenters. The Kier molecular flexibility index (Phi) is 5.27. The fraction of sp³-hybridized carbons (Fsp3) is 0.667. The van der Waals surface area contributed by atoms with E-state index in [1.807, 2.05) is 18.5 Å². The van der Waals surface area contributed by atoms with Gasteiger partial charge in [-0.25, -0.2) is 0 Å². The van der Waals surface area contributed by atoms with Gasteiger partial charge in [-0.05, 0) is 77.0 Å². The van der Waals surface area contributed by atoms with Gasteiger partial charge in [0.2, 0.25) is 0 Å². The van der Waals surface area contributed by atoms with Crippen molar-refractivity contribution in [1.82, 2.24) is 9.88 Å². The minimum atomic E-state index is -0.277. The Morgan fingerprint density at radius 3 is 2.92 bits per heavy atom. The maximum Gasteiger partial charge on any atom is 0.126 e. The lowest BCUT2D eigenvalue weighted by Crippen LogP contribution is -2.42. The molecule has 0 N–H and O–H groups in total. The summed E-state index contributed by atoms with van der Waals surface area (Å²) >= 11 is 0. The van der Waals surface area contributed by atoms with Crippen LogP contribution in [0.4, 0.5) is 0 Å². The Morgan fingerprint density at radius 2 is 2.17 bits per heavy atom. The van der Waals surface area contributed by atoms with Gasteiger partial charge in [0.05, 0.1) is 12.1 Å². The summed E-state index contributed by atoms with van der Waals surface area (Å²) in [6.07, 6.45) is 9.73. The summed E-state index contributed by atoms with van der Waals surface area (Å²) in [5, 5.41) is 0. The number of hydrogen-bond acceptors (Lipinski definition) is 3. The number of rotatable bonds is 2. The third-order valence-electron chi connectivity index (χ3n) is 5.25. The first kappa shape index (κ1) is 17.5. The van der Waals surface area contributed by atoms with Crippen LogP contribution in [0.2, 0.25) is 0 Å². The van der Waals surface area contributed by atoms with Crippen molar-refractivity contribution in [2.75, 3.05) is 19.6 Å². The Hall–Kier alpha value is -1.37. The lowest BCUT2D eigenvalue weighted by Gasteiger charge is -2.40. The van der Waals surface area contributed by atoms with E-state index in [4.69, 9.17) is 4.74 Å². The topological polar surface area (TPSA) is 25.4 Å². The molecule has 0 amide bonds. The molecule has 3 rings (SSSR count). The maximum atomic E-state index is 6.24. The first-order valence-corrected chi connectivity index (χ1v) is 9.28. The van der Waals surface area contributed by atoms with Crippen LogP contribution in [0.25, 0.3) is 0 Å². The fourth-order valence-corrected chi connectivity index (χ4v) is 4.08. The molecule has 2 fully saturated rings. The number of aromatic nitrogens is 1. The predicted molar refractivity (Wildman–Crippen MR) is 97.8 cm³/mol. The maximum absolute atomic E-state index is 6.24. The number of nitrogens with zero attached hydrogens (tertiary/aromatic N) is 2. The van der Waals surface area contributed by atoms with Crippen molar-refractivity contribution in [3.05, 3.63) is 30.1 Å². The molecule has 2 aliphatic heterocycles. The molecule has 0 spiro atoms. The molecule has 3 heterocycles. The van der Waals surface area contributed by atoms with Crippen LogP contribution < -0.4 is 0 Å². The zero-order valence-electron chi connectivity index (χ0n) is 15.3. The van der Waals surface area contributed by atoms with Crippen LogP contribution in [0.3, 0.4) is 0 Å². The van der Waals surface area contributed by atoms with Gasteiger partial charge in [0.1, 0.15) is 5.60 Å². The number of ether oxygens (including phenoxy) is 1. The molecule has 1 aromatic heterocycles. The van der Waals surface area contributed by atoms with E-state index in [1.54, 1.807) is 0 Å². The van der Waals surface area contributed by atoms with Gasteiger partial charge >= 0.3 is 0 Å². The van der Waals surface area contributed by atoms with Gasteiger partial charge in [-0.1, -0.05) is 17.9 Å². The van der Waals surface area contributed by atoms with Gasteiger partial charge in [0.25, 0.3) is 0 Å². The Labute approximate surface area is 146 Å². The summed E-state index contributed by atoms with van der Waals surface area (Å²) in [7, 11) is 0. The average Bonchev–Trinajstić information content (AvgIpc) is 2.55. The predicted octanol–water partition coefficient (Wildman–Crippen LogP) is 4.00. The van der Waals surface area contributed by atoms with E-state index in [1.165, 1.54) is 24.8 Å². The molecule has 3 nitrogen and oxygen atoms in total. The summed E-state index contributed by atoms with van der Waals surface area (Å²) in [6, 6.07) is 4.24. The number of hydrogen-bond donors (Lipinski definition) is 0. The molecule has 0 radical (unpaired) electrons. The minimum Gasteiger partial charge on any atom is -0.357 e. The Morgan fingerprint density at radius 1 is 1.29 bits per heavy atom.